The van der Waals surface area contributed by atoms with Gasteiger partial charge in [0.25, 0.3) is 5.91 Å². The first kappa shape index (κ1) is 14.9. The zero-order valence-corrected chi connectivity index (χ0v) is 13.5. The molecular formula is C18H21N5O. The van der Waals surface area contributed by atoms with Crippen LogP contribution < -0.4 is 15.5 Å². The zero-order chi connectivity index (χ0) is 16.4. The van der Waals surface area contributed by atoms with Crippen molar-refractivity contribution >= 4 is 23.1 Å². The molecule has 0 bridgehead atoms. The van der Waals surface area contributed by atoms with E-state index in [0.29, 0.717) is 17.6 Å². The average molecular weight is 323 g/mol. The monoisotopic (exact) mass is 323 g/mol. The Morgan fingerprint density at radius 1 is 1.08 bits per heavy atom. The molecule has 0 radical (unpaired) electrons. The van der Waals surface area contributed by atoms with E-state index in [4.69, 9.17) is 0 Å². The van der Waals surface area contributed by atoms with Gasteiger partial charge in [-0.25, -0.2) is 9.97 Å². The Morgan fingerprint density at radius 2 is 1.83 bits per heavy atom. The number of amides is 1. The van der Waals surface area contributed by atoms with E-state index in [2.05, 4.69) is 37.6 Å². The second-order valence-corrected chi connectivity index (χ2v) is 6.40. The van der Waals surface area contributed by atoms with E-state index < -0.39 is 0 Å². The smallest absolute Gasteiger partial charge is 0.270 e. The maximum atomic E-state index is 12.1. The molecule has 24 heavy (non-hydrogen) atoms. The lowest BCUT2D eigenvalue weighted by Gasteiger charge is -2.17. The summed E-state index contributed by atoms with van der Waals surface area (Å²) in [7, 11) is 0. The molecule has 0 atom stereocenters. The Bertz CT molecular complexity index is 720. The second kappa shape index (κ2) is 6.47. The highest BCUT2D eigenvalue weighted by molar-refractivity contribution is 5.93. The molecule has 6 nitrogen and oxygen atoms in total. The van der Waals surface area contributed by atoms with Gasteiger partial charge in [-0.15, -0.1) is 0 Å². The van der Waals surface area contributed by atoms with E-state index in [1.54, 1.807) is 6.07 Å². The molecule has 1 aromatic carbocycles. The summed E-state index contributed by atoms with van der Waals surface area (Å²) in [5, 5.41) is 6.17. The normalized spacial score (nSPS) is 16.9. The Kier molecular flexibility index (Phi) is 4.02. The SMILES string of the molecule is O=C(NC1CC1)c1cc(Nc2ccc(N3CCCC3)cc2)ncn1. The van der Waals surface area contributed by atoms with Crippen LogP contribution in [0.25, 0.3) is 0 Å². The summed E-state index contributed by atoms with van der Waals surface area (Å²) in [4.78, 5) is 22.7. The van der Waals surface area contributed by atoms with Gasteiger partial charge in [0.1, 0.15) is 17.8 Å². The van der Waals surface area contributed by atoms with Crippen LogP contribution in [0.5, 0.6) is 0 Å². The average Bonchev–Trinajstić information content (AvgIpc) is 3.25. The van der Waals surface area contributed by atoms with Gasteiger partial charge in [-0.05, 0) is 49.9 Å². The third kappa shape index (κ3) is 3.48. The van der Waals surface area contributed by atoms with Crippen molar-refractivity contribution in [2.45, 2.75) is 31.7 Å². The van der Waals surface area contributed by atoms with Gasteiger partial charge in [0.15, 0.2) is 0 Å². The molecular weight excluding hydrogens is 302 g/mol. The van der Waals surface area contributed by atoms with Crippen molar-refractivity contribution in [2.24, 2.45) is 0 Å². The minimum Gasteiger partial charge on any atom is -0.372 e. The molecule has 2 N–H and O–H groups in total. The largest absolute Gasteiger partial charge is 0.372 e. The molecule has 1 amide bonds. The van der Waals surface area contributed by atoms with Crippen molar-refractivity contribution in [1.29, 1.82) is 0 Å². The van der Waals surface area contributed by atoms with Crippen LogP contribution in [-0.2, 0) is 0 Å². The highest BCUT2D eigenvalue weighted by Gasteiger charge is 2.24. The van der Waals surface area contributed by atoms with Gasteiger partial charge in [-0.3, -0.25) is 4.79 Å². The van der Waals surface area contributed by atoms with Gasteiger partial charge in [0.05, 0.1) is 0 Å². The summed E-state index contributed by atoms with van der Waals surface area (Å²) in [5.74, 6) is 0.493. The molecule has 6 heteroatoms. The third-order valence-corrected chi connectivity index (χ3v) is 4.42. The Morgan fingerprint density at radius 3 is 2.54 bits per heavy atom. The lowest BCUT2D eigenvalue weighted by Crippen LogP contribution is -2.26. The van der Waals surface area contributed by atoms with E-state index in [1.807, 2.05) is 12.1 Å². The number of benzene rings is 1. The van der Waals surface area contributed by atoms with Crippen molar-refractivity contribution in [1.82, 2.24) is 15.3 Å². The van der Waals surface area contributed by atoms with Crippen LogP contribution in [0.2, 0.25) is 0 Å². The van der Waals surface area contributed by atoms with Gasteiger partial charge in [-0.2, -0.15) is 0 Å². The molecule has 2 heterocycles. The zero-order valence-electron chi connectivity index (χ0n) is 13.5. The maximum absolute atomic E-state index is 12.1. The van der Waals surface area contributed by atoms with E-state index in [1.165, 1.54) is 24.9 Å². The summed E-state index contributed by atoms with van der Waals surface area (Å²) in [6.45, 7) is 2.27. The predicted octanol–water partition coefficient (Wildman–Crippen LogP) is 2.71. The topological polar surface area (TPSA) is 70.2 Å². The molecule has 2 aromatic rings. The molecule has 2 fully saturated rings. The summed E-state index contributed by atoms with van der Waals surface area (Å²) in [5.41, 5.74) is 2.60. The summed E-state index contributed by atoms with van der Waals surface area (Å²) >= 11 is 0. The van der Waals surface area contributed by atoms with Crippen molar-refractivity contribution in [2.75, 3.05) is 23.3 Å². The Hall–Kier alpha value is -2.63. The lowest BCUT2D eigenvalue weighted by molar-refractivity contribution is 0.0946. The van der Waals surface area contributed by atoms with Gasteiger partial charge < -0.3 is 15.5 Å². The van der Waals surface area contributed by atoms with Crippen LogP contribution in [0.15, 0.2) is 36.7 Å². The van der Waals surface area contributed by atoms with E-state index >= 15 is 0 Å². The second-order valence-electron chi connectivity index (χ2n) is 6.40. The third-order valence-electron chi connectivity index (χ3n) is 4.42. The molecule has 1 aliphatic carbocycles. The standard InChI is InChI=1S/C18H21N5O/c24-18(22-14-3-4-14)16-11-17(20-12-19-16)21-13-5-7-15(8-6-13)23-9-1-2-10-23/h5-8,11-12,14H,1-4,9-10H2,(H,22,24)(H,19,20,21). The first-order valence-corrected chi connectivity index (χ1v) is 8.53. The first-order chi connectivity index (χ1) is 11.8. The fourth-order valence-corrected chi connectivity index (χ4v) is 2.92. The van der Waals surface area contributed by atoms with Crippen molar-refractivity contribution < 1.29 is 4.79 Å². The number of hydrogen-bond donors (Lipinski definition) is 2. The molecule has 1 saturated carbocycles. The molecule has 0 spiro atoms. The number of nitrogens with zero attached hydrogens (tertiary/aromatic N) is 3. The van der Waals surface area contributed by atoms with Crippen molar-refractivity contribution in [3.8, 4) is 0 Å². The van der Waals surface area contributed by atoms with E-state index in [-0.39, 0.29) is 5.91 Å². The predicted molar refractivity (Wildman–Crippen MR) is 93.7 cm³/mol. The molecule has 4 rings (SSSR count). The quantitative estimate of drug-likeness (QED) is 0.885. The van der Waals surface area contributed by atoms with Gasteiger partial charge >= 0.3 is 0 Å². The van der Waals surface area contributed by atoms with Crippen LogP contribution in [0.4, 0.5) is 17.2 Å². The highest BCUT2D eigenvalue weighted by Crippen LogP contribution is 2.23. The summed E-state index contributed by atoms with van der Waals surface area (Å²) < 4.78 is 0. The number of rotatable bonds is 5. The number of carbonyl (C=O) groups is 1. The molecule has 0 unspecified atom stereocenters. The number of aromatic nitrogens is 2. The summed E-state index contributed by atoms with van der Waals surface area (Å²) in [6, 6.07) is 10.3. The molecule has 1 aliphatic heterocycles. The van der Waals surface area contributed by atoms with Crippen LogP contribution in [0.3, 0.4) is 0 Å². The van der Waals surface area contributed by atoms with Crippen LogP contribution in [-0.4, -0.2) is 35.0 Å². The first-order valence-electron chi connectivity index (χ1n) is 8.53. The maximum Gasteiger partial charge on any atom is 0.270 e. The number of carbonyl (C=O) groups excluding carboxylic acids is 1. The fourth-order valence-electron chi connectivity index (χ4n) is 2.92. The minimum atomic E-state index is -0.132. The van der Waals surface area contributed by atoms with Crippen LogP contribution in [0, 0.1) is 0 Å². The van der Waals surface area contributed by atoms with E-state index in [9.17, 15) is 4.79 Å². The van der Waals surface area contributed by atoms with Gasteiger partial charge in [0.2, 0.25) is 0 Å². The fraction of sp³-hybridized carbons (Fsp3) is 0.389. The molecule has 1 saturated heterocycles. The lowest BCUT2D eigenvalue weighted by atomic mass is 10.2. The Balaban J connectivity index is 1.43. The number of anilines is 3. The van der Waals surface area contributed by atoms with Crippen molar-refractivity contribution in [3.63, 3.8) is 0 Å². The van der Waals surface area contributed by atoms with Gasteiger partial charge in [0, 0.05) is 36.6 Å². The molecule has 2 aliphatic rings. The molecule has 1 aromatic heterocycles. The highest BCUT2D eigenvalue weighted by atomic mass is 16.2. The molecule has 124 valence electrons. The Labute approximate surface area is 141 Å². The van der Waals surface area contributed by atoms with Crippen molar-refractivity contribution in [3.05, 3.63) is 42.4 Å². The van der Waals surface area contributed by atoms with E-state index in [0.717, 1.165) is 31.6 Å². The minimum absolute atomic E-state index is 0.132. The van der Waals surface area contributed by atoms with Crippen LogP contribution in [0.1, 0.15) is 36.2 Å². The van der Waals surface area contributed by atoms with Crippen LogP contribution >= 0.6 is 0 Å². The number of nitrogens with one attached hydrogen (secondary N) is 2. The number of hydrogen-bond acceptors (Lipinski definition) is 5. The van der Waals surface area contributed by atoms with Gasteiger partial charge in [-0.1, -0.05) is 0 Å². The summed E-state index contributed by atoms with van der Waals surface area (Å²) in [6.07, 6.45) is 6.08.